The fourth-order valence-electron chi connectivity index (χ4n) is 1.23. The zero-order valence-corrected chi connectivity index (χ0v) is 6.86. The maximum Gasteiger partial charge on any atom is 0.157 e. The van der Waals surface area contributed by atoms with Crippen molar-refractivity contribution in [1.29, 1.82) is 0 Å². The van der Waals surface area contributed by atoms with Crippen LogP contribution in [0.25, 0.3) is 5.65 Å². The Kier molecular flexibility index (Phi) is 1.46. The highest BCUT2D eigenvalue weighted by molar-refractivity contribution is 5.50. The number of aromatic nitrogens is 3. The molecular weight excluding hydrogens is 152 g/mol. The molecule has 2 rings (SSSR count). The van der Waals surface area contributed by atoms with E-state index in [1.807, 2.05) is 17.5 Å². The third-order valence-electron chi connectivity index (χ3n) is 1.88. The molecule has 0 unspecified atom stereocenters. The molecule has 0 aliphatic rings. The highest BCUT2D eigenvalue weighted by Crippen LogP contribution is 2.13. The van der Waals surface area contributed by atoms with E-state index >= 15 is 0 Å². The highest BCUT2D eigenvalue weighted by atomic mass is 15.1. The Hall–Kier alpha value is -1.58. The van der Waals surface area contributed by atoms with Gasteiger partial charge in [0.2, 0.25) is 0 Å². The van der Waals surface area contributed by atoms with E-state index in [2.05, 4.69) is 9.97 Å². The molecule has 2 heterocycles. The van der Waals surface area contributed by atoms with Crippen LogP contribution in [0, 0.1) is 0 Å². The van der Waals surface area contributed by atoms with Crippen LogP contribution in [0.15, 0.2) is 18.6 Å². The normalized spacial score (nSPS) is 10.8. The number of nitrogens with zero attached hydrogens (tertiary/aromatic N) is 3. The van der Waals surface area contributed by atoms with Gasteiger partial charge in [-0.1, -0.05) is 6.92 Å². The van der Waals surface area contributed by atoms with Crippen molar-refractivity contribution in [3.05, 3.63) is 24.3 Å². The third-order valence-corrected chi connectivity index (χ3v) is 1.88. The number of hydrogen-bond acceptors (Lipinski definition) is 3. The maximum absolute atomic E-state index is 5.82. The number of hydrogen-bond donors (Lipinski definition) is 1. The maximum atomic E-state index is 5.82. The van der Waals surface area contributed by atoms with Crippen molar-refractivity contribution in [1.82, 2.24) is 14.4 Å². The van der Waals surface area contributed by atoms with Gasteiger partial charge in [-0.15, -0.1) is 0 Å². The fourth-order valence-corrected chi connectivity index (χ4v) is 1.23. The molecule has 0 saturated carbocycles. The summed E-state index contributed by atoms with van der Waals surface area (Å²) in [6.07, 6.45) is 6.07. The van der Waals surface area contributed by atoms with E-state index in [-0.39, 0.29) is 0 Å². The lowest BCUT2D eigenvalue weighted by Gasteiger charge is -1.93. The predicted octanol–water partition coefficient (Wildman–Crippen LogP) is 0.874. The van der Waals surface area contributed by atoms with Gasteiger partial charge >= 0.3 is 0 Å². The minimum absolute atomic E-state index is 0.718. The van der Waals surface area contributed by atoms with Gasteiger partial charge in [0, 0.05) is 12.4 Å². The molecule has 0 aliphatic heterocycles. The van der Waals surface area contributed by atoms with E-state index in [4.69, 9.17) is 5.73 Å². The van der Waals surface area contributed by atoms with E-state index in [9.17, 15) is 0 Å². The van der Waals surface area contributed by atoms with Crippen molar-refractivity contribution in [2.45, 2.75) is 13.3 Å². The molecule has 0 aliphatic carbocycles. The summed E-state index contributed by atoms with van der Waals surface area (Å²) in [6, 6.07) is 0. The van der Waals surface area contributed by atoms with E-state index in [1.165, 1.54) is 0 Å². The van der Waals surface area contributed by atoms with E-state index in [0.717, 1.165) is 23.6 Å². The van der Waals surface area contributed by atoms with Gasteiger partial charge in [0.1, 0.15) is 5.82 Å². The van der Waals surface area contributed by atoms with Crippen LogP contribution < -0.4 is 5.73 Å². The van der Waals surface area contributed by atoms with Crippen molar-refractivity contribution < 1.29 is 0 Å². The van der Waals surface area contributed by atoms with Crippen molar-refractivity contribution >= 4 is 11.5 Å². The Morgan fingerprint density at radius 3 is 3.08 bits per heavy atom. The summed E-state index contributed by atoms with van der Waals surface area (Å²) in [5.41, 5.74) is 7.57. The molecule has 0 bridgehead atoms. The Labute approximate surface area is 70.1 Å². The van der Waals surface area contributed by atoms with Gasteiger partial charge in [-0.3, -0.25) is 9.38 Å². The summed E-state index contributed by atoms with van der Waals surface area (Å²) in [6.45, 7) is 2.03. The highest BCUT2D eigenvalue weighted by Gasteiger charge is 2.05. The lowest BCUT2D eigenvalue weighted by Crippen LogP contribution is -1.94. The number of imidazole rings is 1. The molecule has 2 aromatic rings. The van der Waals surface area contributed by atoms with Crippen LogP contribution in [0.2, 0.25) is 0 Å². The van der Waals surface area contributed by atoms with Crippen LogP contribution in [0.4, 0.5) is 5.82 Å². The Balaban J connectivity index is 2.78. The van der Waals surface area contributed by atoms with Crippen LogP contribution in [0.1, 0.15) is 12.6 Å². The third kappa shape index (κ3) is 0.845. The summed E-state index contributed by atoms with van der Waals surface area (Å²) in [5, 5.41) is 0. The molecule has 0 amide bonds. The molecule has 0 aromatic carbocycles. The summed E-state index contributed by atoms with van der Waals surface area (Å²) in [5.74, 6) is 0.718. The van der Waals surface area contributed by atoms with Crippen molar-refractivity contribution in [3.63, 3.8) is 0 Å². The monoisotopic (exact) mass is 162 g/mol. The zero-order chi connectivity index (χ0) is 8.55. The summed E-state index contributed by atoms with van der Waals surface area (Å²) < 4.78 is 1.84. The van der Waals surface area contributed by atoms with Crippen LogP contribution in [-0.2, 0) is 6.42 Å². The number of nitrogens with two attached hydrogens (primary N) is 1. The summed E-state index contributed by atoms with van der Waals surface area (Å²) >= 11 is 0. The summed E-state index contributed by atoms with van der Waals surface area (Å²) in [4.78, 5) is 8.27. The average molecular weight is 162 g/mol. The Morgan fingerprint density at radius 1 is 1.58 bits per heavy atom. The number of aryl methyl sites for hydroxylation is 1. The van der Waals surface area contributed by atoms with Gasteiger partial charge in [-0.2, -0.15) is 0 Å². The molecule has 0 radical (unpaired) electrons. The van der Waals surface area contributed by atoms with E-state index < -0.39 is 0 Å². The largest absolute Gasteiger partial charge is 0.383 e. The summed E-state index contributed by atoms with van der Waals surface area (Å²) in [7, 11) is 0. The lowest BCUT2D eigenvalue weighted by molar-refractivity contribution is 1.07. The molecular formula is C8H10N4. The first kappa shape index (κ1) is 7.09. The number of rotatable bonds is 1. The van der Waals surface area contributed by atoms with Gasteiger partial charge in [-0.25, -0.2) is 4.98 Å². The average Bonchev–Trinajstić information content (AvgIpc) is 2.44. The standard InChI is InChI=1S/C8H10N4/c1-2-6-8(9)12-4-3-10-5-7(12)11-6/h3-5H,2,9H2,1H3. The lowest BCUT2D eigenvalue weighted by atomic mass is 10.3. The second-order valence-electron chi connectivity index (χ2n) is 2.60. The molecule has 0 spiro atoms. The molecule has 4 nitrogen and oxygen atoms in total. The molecule has 4 heteroatoms. The van der Waals surface area contributed by atoms with Crippen molar-refractivity contribution in [2.75, 3.05) is 5.73 Å². The van der Waals surface area contributed by atoms with E-state index in [0.29, 0.717) is 0 Å². The van der Waals surface area contributed by atoms with E-state index in [1.54, 1.807) is 12.4 Å². The van der Waals surface area contributed by atoms with Gasteiger partial charge in [0.15, 0.2) is 5.65 Å². The number of fused-ring (bicyclic) bond motifs is 1. The zero-order valence-electron chi connectivity index (χ0n) is 6.86. The second kappa shape index (κ2) is 2.48. The number of nitrogen functional groups attached to an aromatic ring is 1. The number of anilines is 1. The predicted molar refractivity (Wildman–Crippen MR) is 46.8 cm³/mol. The van der Waals surface area contributed by atoms with Crippen LogP contribution in [0.5, 0.6) is 0 Å². The molecule has 0 fully saturated rings. The molecule has 62 valence electrons. The second-order valence-corrected chi connectivity index (χ2v) is 2.60. The fraction of sp³-hybridized carbons (Fsp3) is 0.250. The molecule has 12 heavy (non-hydrogen) atoms. The molecule has 2 aromatic heterocycles. The topological polar surface area (TPSA) is 56.2 Å². The van der Waals surface area contributed by atoms with Gasteiger partial charge in [-0.05, 0) is 6.42 Å². The minimum Gasteiger partial charge on any atom is -0.383 e. The smallest absolute Gasteiger partial charge is 0.157 e. The molecule has 0 saturated heterocycles. The van der Waals surface area contributed by atoms with Crippen LogP contribution in [0.3, 0.4) is 0 Å². The van der Waals surface area contributed by atoms with Crippen molar-refractivity contribution in [2.24, 2.45) is 0 Å². The quantitative estimate of drug-likeness (QED) is 0.677. The first-order chi connectivity index (χ1) is 5.83. The van der Waals surface area contributed by atoms with Gasteiger partial charge < -0.3 is 5.73 Å². The Bertz CT molecular complexity index is 404. The van der Waals surface area contributed by atoms with Crippen LogP contribution in [-0.4, -0.2) is 14.4 Å². The van der Waals surface area contributed by atoms with Crippen molar-refractivity contribution in [3.8, 4) is 0 Å². The van der Waals surface area contributed by atoms with Crippen LogP contribution >= 0.6 is 0 Å². The molecule has 0 atom stereocenters. The SMILES string of the molecule is CCc1nc2cnccn2c1N. The first-order valence-electron chi connectivity index (χ1n) is 3.89. The first-order valence-corrected chi connectivity index (χ1v) is 3.89. The molecule has 2 N–H and O–H groups in total. The Morgan fingerprint density at radius 2 is 2.42 bits per heavy atom. The van der Waals surface area contributed by atoms with Gasteiger partial charge in [0.05, 0.1) is 11.9 Å². The van der Waals surface area contributed by atoms with Gasteiger partial charge in [0.25, 0.3) is 0 Å². The minimum atomic E-state index is 0.718.